The third-order valence-corrected chi connectivity index (χ3v) is 5.54. The fraction of sp³-hybridized carbons (Fsp3) is 0.458. The Labute approximate surface area is 168 Å². The topological polar surface area (TPSA) is 78.3 Å². The summed E-state index contributed by atoms with van der Waals surface area (Å²) in [7, 11) is 0. The van der Waals surface area contributed by atoms with E-state index in [1.165, 1.54) is 5.56 Å². The molecule has 0 amide bonds. The van der Waals surface area contributed by atoms with Gasteiger partial charge in [-0.15, -0.1) is 0 Å². The van der Waals surface area contributed by atoms with Crippen molar-refractivity contribution in [1.29, 1.82) is 0 Å². The minimum Gasteiger partial charge on any atom is -0.425 e. The Hall–Kier alpha value is -2.17. The summed E-state index contributed by atoms with van der Waals surface area (Å²) in [5.74, 6) is 0.0539. The van der Waals surface area contributed by atoms with E-state index in [0.717, 1.165) is 27.8 Å². The molecule has 4 N–H and O–H groups in total. The monoisotopic (exact) mass is 380 g/mol. The number of ether oxygens (including phenoxy) is 1. The molecule has 1 unspecified atom stereocenters. The summed E-state index contributed by atoms with van der Waals surface area (Å²) in [6.07, 6.45) is 0. The molecule has 1 heterocycles. The number of fused-ring (bicyclic) bond motifs is 1. The van der Waals surface area contributed by atoms with E-state index in [2.05, 4.69) is 53.7 Å². The second kappa shape index (κ2) is 7.02. The summed E-state index contributed by atoms with van der Waals surface area (Å²) >= 11 is 0. The molecule has 4 heteroatoms. The molecule has 0 saturated heterocycles. The predicted octanol–water partition coefficient (Wildman–Crippen LogP) is 4.25. The third kappa shape index (κ3) is 3.59. The van der Waals surface area contributed by atoms with Crippen molar-refractivity contribution in [2.45, 2.75) is 71.4 Å². The predicted molar refractivity (Wildman–Crippen MR) is 114 cm³/mol. The zero-order chi connectivity index (χ0) is 20.9. The van der Waals surface area contributed by atoms with Crippen molar-refractivity contribution >= 4 is 5.97 Å². The number of hydrogen-bond acceptors (Lipinski definition) is 4. The number of nitrogens with two attached hydrogens (primary N) is 2. The van der Waals surface area contributed by atoms with Crippen molar-refractivity contribution in [1.82, 2.24) is 0 Å². The largest absolute Gasteiger partial charge is 0.425 e. The lowest BCUT2D eigenvalue weighted by atomic mass is 9.77. The summed E-state index contributed by atoms with van der Waals surface area (Å²) in [6.45, 7) is 13.9. The average Bonchev–Trinajstić information content (AvgIpc) is 2.94. The van der Waals surface area contributed by atoms with Crippen LogP contribution in [0.1, 0.15) is 80.8 Å². The van der Waals surface area contributed by atoms with Gasteiger partial charge >= 0.3 is 5.97 Å². The number of carbonyl (C=O) groups is 1. The summed E-state index contributed by atoms with van der Waals surface area (Å²) in [6, 6.07) is 10.3. The Morgan fingerprint density at radius 1 is 0.893 bits per heavy atom. The number of hydrogen-bond donors (Lipinski definition) is 2. The zero-order valence-electron chi connectivity index (χ0n) is 17.8. The van der Waals surface area contributed by atoms with Gasteiger partial charge in [0.2, 0.25) is 0 Å². The van der Waals surface area contributed by atoms with Crippen molar-refractivity contribution in [2.75, 3.05) is 0 Å². The highest BCUT2D eigenvalue weighted by molar-refractivity contribution is 5.90. The van der Waals surface area contributed by atoms with E-state index in [1.54, 1.807) is 0 Å². The summed E-state index contributed by atoms with van der Waals surface area (Å²) in [5, 5.41) is 0. The molecule has 0 spiro atoms. The standard InChI is InChI=1S/C24H32N2O2/c1-23(2,3)17-10-18-20(14-7-8-15(12-25)16(9-14)13-26)22(27)28-21(18)19(11-17)24(4,5)6/h7-11,20H,12-13,25-26H2,1-6H3. The maximum absolute atomic E-state index is 12.9. The minimum absolute atomic E-state index is 0.0307. The van der Waals surface area contributed by atoms with E-state index in [-0.39, 0.29) is 16.8 Å². The van der Waals surface area contributed by atoms with Crippen molar-refractivity contribution < 1.29 is 9.53 Å². The Morgan fingerprint density at radius 3 is 2.07 bits per heavy atom. The van der Waals surface area contributed by atoms with Crippen LogP contribution in [0, 0.1) is 0 Å². The van der Waals surface area contributed by atoms with Crippen LogP contribution in [0.15, 0.2) is 30.3 Å². The van der Waals surface area contributed by atoms with Gasteiger partial charge < -0.3 is 16.2 Å². The smallest absolute Gasteiger partial charge is 0.323 e. The van der Waals surface area contributed by atoms with Crippen molar-refractivity contribution in [2.24, 2.45) is 11.5 Å². The van der Waals surface area contributed by atoms with Crippen LogP contribution in [0.25, 0.3) is 0 Å². The molecular formula is C24H32N2O2. The molecule has 0 aromatic heterocycles. The Bertz CT molecular complexity index is 917. The lowest BCUT2D eigenvalue weighted by molar-refractivity contribution is -0.133. The normalized spacial score (nSPS) is 16.9. The summed E-state index contributed by atoms with van der Waals surface area (Å²) in [5.41, 5.74) is 17.7. The van der Waals surface area contributed by atoms with Crippen LogP contribution in [-0.2, 0) is 28.7 Å². The molecule has 0 bridgehead atoms. The highest BCUT2D eigenvalue weighted by Crippen LogP contribution is 2.47. The van der Waals surface area contributed by atoms with Gasteiger partial charge in [0, 0.05) is 24.2 Å². The van der Waals surface area contributed by atoms with Crippen LogP contribution in [0.2, 0.25) is 0 Å². The van der Waals surface area contributed by atoms with Crippen LogP contribution in [0.3, 0.4) is 0 Å². The van der Waals surface area contributed by atoms with E-state index in [1.807, 2.05) is 18.2 Å². The van der Waals surface area contributed by atoms with E-state index >= 15 is 0 Å². The Kier molecular flexibility index (Phi) is 5.15. The average molecular weight is 381 g/mol. The SMILES string of the molecule is CC(C)(C)c1cc2c(c(C(C)(C)C)c1)OC(=O)C2c1ccc(CN)c(CN)c1. The molecule has 0 fully saturated rings. The molecule has 1 aliphatic heterocycles. The van der Waals surface area contributed by atoms with Gasteiger partial charge in [0.05, 0.1) is 0 Å². The molecule has 0 radical (unpaired) electrons. The van der Waals surface area contributed by atoms with Gasteiger partial charge in [-0.3, -0.25) is 4.79 Å². The molecule has 150 valence electrons. The molecule has 1 atom stereocenters. The molecule has 28 heavy (non-hydrogen) atoms. The highest BCUT2D eigenvalue weighted by atomic mass is 16.5. The van der Waals surface area contributed by atoms with E-state index in [0.29, 0.717) is 18.8 Å². The van der Waals surface area contributed by atoms with Crippen LogP contribution in [0.5, 0.6) is 5.75 Å². The second-order valence-electron chi connectivity index (χ2n) is 9.73. The van der Waals surface area contributed by atoms with Gasteiger partial charge in [-0.25, -0.2) is 0 Å². The molecule has 4 nitrogen and oxygen atoms in total. The molecule has 3 rings (SSSR count). The lowest BCUT2D eigenvalue weighted by Gasteiger charge is -2.27. The van der Waals surface area contributed by atoms with Crippen molar-refractivity contribution in [3.63, 3.8) is 0 Å². The second-order valence-corrected chi connectivity index (χ2v) is 9.73. The van der Waals surface area contributed by atoms with E-state index in [4.69, 9.17) is 16.2 Å². The molecular weight excluding hydrogens is 348 g/mol. The van der Waals surface area contributed by atoms with Crippen LogP contribution < -0.4 is 16.2 Å². The third-order valence-electron chi connectivity index (χ3n) is 5.54. The zero-order valence-corrected chi connectivity index (χ0v) is 17.8. The lowest BCUT2D eigenvalue weighted by Crippen LogP contribution is -2.17. The van der Waals surface area contributed by atoms with Gasteiger partial charge in [-0.05, 0) is 33.1 Å². The number of carbonyl (C=O) groups excluding carboxylic acids is 1. The molecule has 0 aliphatic carbocycles. The fourth-order valence-corrected chi connectivity index (χ4v) is 3.79. The van der Waals surface area contributed by atoms with Gasteiger partial charge in [-0.2, -0.15) is 0 Å². The van der Waals surface area contributed by atoms with Gasteiger partial charge in [0.1, 0.15) is 11.7 Å². The van der Waals surface area contributed by atoms with Crippen LogP contribution in [0.4, 0.5) is 0 Å². The maximum atomic E-state index is 12.9. The van der Waals surface area contributed by atoms with Gasteiger partial charge in [0.15, 0.2) is 0 Å². The highest BCUT2D eigenvalue weighted by Gasteiger charge is 2.39. The van der Waals surface area contributed by atoms with E-state index < -0.39 is 5.92 Å². The summed E-state index contributed by atoms with van der Waals surface area (Å²) < 4.78 is 5.83. The molecule has 2 aromatic rings. The molecule has 0 saturated carbocycles. The number of benzene rings is 2. The quantitative estimate of drug-likeness (QED) is 0.616. The number of esters is 1. The van der Waals surface area contributed by atoms with E-state index in [9.17, 15) is 4.79 Å². The molecule has 2 aromatic carbocycles. The van der Waals surface area contributed by atoms with Crippen molar-refractivity contribution in [3.05, 3.63) is 63.7 Å². The maximum Gasteiger partial charge on any atom is 0.323 e. The minimum atomic E-state index is -0.435. The number of rotatable bonds is 3. The summed E-state index contributed by atoms with van der Waals surface area (Å²) in [4.78, 5) is 12.9. The van der Waals surface area contributed by atoms with Crippen LogP contribution >= 0.6 is 0 Å². The first-order valence-corrected chi connectivity index (χ1v) is 9.89. The van der Waals surface area contributed by atoms with Crippen molar-refractivity contribution in [3.8, 4) is 5.75 Å². The first kappa shape index (κ1) is 20.6. The van der Waals surface area contributed by atoms with Crippen LogP contribution in [-0.4, -0.2) is 5.97 Å². The first-order chi connectivity index (χ1) is 13.0. The first-order valence-electron chi connectivity index (χ1n) is 9.89. The van der Waals surface area contributed by atoms with Gasteiger partial charge in [0.25, 0.3) is 0 Å². The molecule has 1 aliphatic rings. The Morgan fingerprint density at radius 2 is 1.54 bits per heavy atom. The Balaban J connectivity index is 2.23. The fourth-order valence-electron chi connectivity index (χ4n) is 3.79. The van der Waals surface area contributed by atoms with Gasteiger partial charge in [-0.1, -0.05) is 71.9 Å².